The second-order valence-corrected chi connectivity index (χ2v) is 7.82. The third-order valence-corrected chi connectivity index (χ3v) is 5.65. The number of rotatable bonds is 6. The Morgan fingerprint density at radius 2 is 1.73 bits per heavy atom. The van der Waals surface area contributed by atoms with Crippen LogP contribution in [0.3, 0.4) is 0 Å². The minimum atomic E-state index is -0.662. The first-order chi connectivity index (χ1) is 12.6. The first kappa shape index (κ1) is 19.0. The van der Waals surface area contributed by atoms with E-state index in [0.29, 0.717) is 6.61 Å². The topological polar surface area (TPSA) is 29.5 Å². The molecule has 1 unspecified atom stereocenters. The van der Waals surface area contributed by atoms with Crippen LogP contribution in [0.5, 0.6) is 5.75 Å². The van der Waals surface area contributed by atoms with Gasteiger partial charge in [0.15, 0.2) is 0 Å². The minimum Gasteiger partial charge on any atom is -0.488 e. The Labute approximate surface area is 167 Å². The van der Waals surface area contributed by atoms with E-state index in [0.717, 1.165) is 32.5 Å². The highest BCUT2D eigenvalue weighted by Crippen LogP contribution is 2.34. The Bertz CT molecular complexity index is 863. The maximum absolute atomic E-state index is 10.8. The number of aryl methyl sites for hydroxylation is 1. The van der Waals surface area contributed by atoms with Gasteiger partial charge in [0.05, 0.1) is 4.47 Å². The van der Waals surface area contributed by atoms with Crippen molar-refractivity contribution in [3.63, 3.8) is 0 Å². The lowest BCUT2D eigenvalue weighted by atomic mass is 9.97. The van der Waals surface area contributed by atoms with Crippen LogP contribution in [0.1, 0.15) is 28.4 Å². The van der Waals surface area contributed by atoms with Gasteiger partial charge in [-0.3, -0.25) is 0 Å². The zero-order chi connectivity index (χ0) is 18.5. The third kappa shape index (κ3) is 4.50. The molecule has 0 radical (unpaired) electrons. The van der Waals surface area contributed by atoms with Gasteiger partial charge in [-0.05, 0) is 75.6 Å². The van der Waals surface area contributed by atoms with Gasteiger partial charge >= 0.3 is 0 Å². The van der Waals surface area contributed by atoms with Gasteiger partial charge < -0.3 is 9.84 Å². The Balaban J connectivity index is 1.79. The van der Waals surface area contributed by atoms with Gasteiger partial charge in [-0.15, -0.1) is 11.8 Å². The second-order valence-electron chi connectivity index (χ2n) is 6.09. The zero-order valence-electron chi connectivity index (χ0n) is 14.8. The molecule has 0 bridgehead atoms. The summed E-state index contributed by atoms with van der Waals surface area (Å²) in [6.07, 6.45) is 1.38. The molecule has 0 aliphatic rings. The largest absolute Gasteiger partial charge is 0.488 e. The van der Waals surface area contributed by atoms with E-state index in [-0.39, 0.29) is 0 Å². The van der Waals surface area contributed by atoms with Crippen molar-refractivity contribution in [2.24, 2.45) is 0 Å². The van der Waals surface area contributed by atoms with E-state index < -0.39 is 6.10 Å². The number of halogens is 1. The first-order valence-electron chi connectivity index (χ1n) is 8.37. The van der Waals surface area contributed by atoms with E-state index in [9.17, 15) is 5.11 Å². The molecular weight excluding hydrogens is 408 g/mol. The van der Waals surface area contributed by atoms with E-state index >= 15 is 0 Å². The van der Waals surface area contributed by atoms with E-state index in [2.05, 4.69) is 15.9 Å². The fourth-order valence-electron chi connectivity index (χ4n) is 2.78. The molecule has 134 valence electrons. The van der Waals surface area contributed by atoms with Gasteiger partial charge in [-0.2, -0.15) is 0 Å². The average Bonchev–Trinajstić information content (AvgIpc) is 2.68. The van der Waals surface area contributed by atoms with E-state index in [1.165, 1.54) is 4.90 Å². The molecule has 0 aromatic heterocycles. The molecule has 0 saturated heterocycles. The minimum absolute atomic E-state index is 0.511. The number of ether oxygens (including phenoxy) is 1. The summed E-state index contributed by atoms with van der Waals surface area (Å²) in [5, 5.41) is 10.8. The fourth-order valence-corrected chi connectivity index (χ4v) is 3.66. The summed E-state index contributed by atoms with van der Waals surface area (Å²) < 4.78 is 6.78. The molecule has 3 aromatic rings. The first-order valence-corrected chi connectivity index (χ1v) is 10.4. The number of thioether (sulfide) groups is 1. The molecule has 0 heterocycles. The van der Waals surface area contributed by atoms with Crippen LogP contribution < -0.4 is 4.74 Å². The highest BCUT2D eigenvalue weighted by molar-refractivity contribution is 9.10. The van der Waals surface area contributed by atoms with Crippen LogP contribution in [0.4, 0.5) is 0 Å². The smallest absolute Gasteiger partial charge is 0.134 e. The van der Waals surface area contributed by atoms with Crippen molar-refractivity contribution in [1.29, 1.82) is 0 Å². The molecule has 0 spiro atoms. The van der Waals surface area contributed by atoms with Crippen molar-refractivity contribution in [3.8, 4) is 5.75 Å². The number of hydrogen-bond donors (Lipinski definition) is 1. The van der Waals surface area contributed by atoms with Gasteiger partial charge in [-0.25, -0.2) is 0 Å². The molecule has 2 nitrogen and oxygen atoms in total. The Kier molecular flexibility index (Phi) is 6.41. The van der Waals surface area contributed by atoms with Crippen LogP contribution in [0.2, 0.25) is 0 Å². The molecule has 0 amide bonds. The van der Waals surface area contributed by atoms with Crippen LogP contribution in [0.25, 0.3) is 0 Å². The van der Waals surface area contributed by atoms with Crippen LogP contribution in [0, 0.1) is 6.92 Å². The standard InChI is InChI=1S/C22H21BrO2S/c1-15-12-21(25-14-16-6-4-3-5-7-16)20(23)13-19(15)22(24)17-8-10-18(26-2)11-9-17/h3-13,22,24H,14H2,1-2H3. The summed E-state index contributed by atoms with van der Waals surface area (Å²) in [4.78, 5) is 1.18. The fraction of sp³-hybridized carbons (Fsp3) is 0.182. The van der Waals surface area contributed by atoms with Crippen LogP contribution in [-0.4, -0.2) is 11.4 Å². The Morgan fingerprint density at radius 1 is 1.04 bits per heavy atom. The maximum atomic E-state index is 10.8. The maximum Gasteiger partial charge on any atom is 0.134 e. The molecule has 0 aliphatic heterocycles. The van der Waals surface area contributed by atoms with Crippen molar-refractivity contribution >= 4 is 27.7 Å². The molecule has 4 heteroatoms. The lowest BCUT2D eigenvalue weighted by molar-refractivity contribution is 0.219. The number of aliphatic hydroxyl groups is 1. The van der Waals surface area contributed by atoms with Crippen LogP contribution in [0.15, 0.2) is 76.1 Å². The molecule has 26 heavy (non-hydrogen) atoms. The van der Waals surface area contributed by atoms with Crippen LogP contribution >= 0.6 is 27.7 Å². The summed E-state index contributed by atoms with van der Waals surface area (Å²) in [7, 11) is 0. The predicted octanol–water partition coefficient (Wildman–Crippen LogP) is 6.14. The van der Waals surface area contributed by atoms with Crippen molar-refractivity contribution in [2.45, 2.75) is 24.5 Å². The summed E-state index contributed by atoms with van der Waals surface area (Å²) in [5.41, 5.74) is 3.88. The van der Waals surface area contributed by atoms with Crippen molar-refractivity contribution in [3.05, 3.63) is 93.5 Å². The van der Waals surface area contributed by atoms with E-state index in [4.69, 9.17) is 4.74 Å². The van der Waals surface area contributed by atoms with Crippen molar-refractivity contribution in [1.82, 2.24) is 0 Å². The molecule has 1 N–H and O–H groups in total. The van der Waals surface area contributed by atoms with Crippen molar-refractivity contribution in [2.75, 3.05) is 6.26 Å². The average molecular weight is 429 g/mol. The van der Waals surface area contributed by atoms with Gasteiger partial charge in [-0.1, -0.05) is 42.5 Å². The number of benzene rings is 3. The molecule has 1 atom stereocenters. The normalized spacial score (nSPS) is 12.0. The van der Waals surface area contributed by atoms with Crippen LogP contribution in [-0.2, 0) is 6.61 Å². The van der Waals surface area contributed by atoms with Crippen molar-refractivity contribution < 1.29 is 9.84 Å². The molecule has 0 aliphatic carbocycles. The number of hydrogen-bond acceptors (Lipinski definition) is 3. The van der Waals surface area contributed by atoms with Gasteiger partial charge in [0.25, 0.3) is 0 Å². The SMILES string of the molecule is CSc1ccc(C(O)c2cc(Br)c(OCc3ccccc3)cc2C)cc1. The molecule has 3 aromatic carbocycles. The molecule has 0 fully saturated rings. The van der Waals surface area contributed by atoms with Gasteiger partial charge in [0.1, 0.15) is 18.5 Å². The Morgan fingerprint density at radius 3 is 2.38 bits per heavy atom. The monoisotopic (exact) mass is 428 g/mol. The molecular formula is C22H21BrO2S. The summed E-state index contributed by atoms with van der Waals surface area (Å²) in [6.45, 7) is 2.51. The Hall–Kier alpha value is -1.75. The predicted molar refractivity (Wildman–Crippen MR) is 112 cm³/mol. The molecule has 0 saturated carbocycles. The number of aliphatic hydroxyl groups excluding tert-OH is 1. The lowest BCUT2D eigenvalue weighted by Crippen LogP contribution is -2.04. The summed E-state index contributed by atoms with van der Waals surface area (Å²) in [5.74, 6) is 0.778. The zero-order valence-corrected chi connectivity index (χ0v) is 17.2. The molecule has 3 rings (SSSR count). The highest BCUT2D eigenvalue weighted by atomic mass is 79.9. The second kappa shape index (κ2) is 8.76. The summed E-state index contributed by atoms with van der Waals surface area (Å²) >= 11 is 5.27. The lowest BCUT2D eigenvalue weighted by Gasteiger charge is -2.17. The van der Waals surface area contributed by atoms with E-state index in [1.54, 1.807) is 11.8 Å². The van der Waals surface area contributed by atoms with Gasteiger partial charge in [0, 0.05) is 4.90 Å². The quantitative estimate of drug-likeness (QED) is 0.478. The summed E-state index contributed by atoms with van der Waals surface area (Å²) in [6, 6.07) is 22.0. The van der Waals surface area contributed by atoms with Gasteiger partial charge in [0.2, 0.25) is 0 Å². The van der Waals surface area contributed by atoms with E-state index in [1.807, 2.05) is 79.9 Å². The third-order valence-electron chi connectivity index (χ3n) is 4.28. The highest BCUT2D eigenvalue weighted by Gasteiger charge is 2.16.